The van der Waals surface area contributed by atoms with E-state index in [2.05, 4.69) is 31.3 Å². The highest BCUT2D eigenvalue weighted by Gasteiger charge is 2.22. The second kappa shape index (κ2) is 8.71. The molecule has 0 fully saturated rings. The Balaban J connectivity index is 2.00. The molecule has 1 atom stereocenters. The molecule has 0 saturated carbocycles. The van der Waals surface area contributed by atoms with Crippen LogP contribution in [-0.4, -0.2) is 37.7 Å². The summed E-state index contributed by atoms with van der Waals surface area (Å²) in [6.07, 6.45) is 2.58. The van der Waals surface area contributed by atoms with Crippen molar-refractivity contribution < 1.29 is 9.53 Å². The first-order valence-corrected chi connectivity index (χ1v) is 9.35. The Morgan fingerprint density at radius 1 is 1.27 bits per heavy atom. The minimum absolute atomic E-state index is 0.0438. The molecule has 3 rings (SSSR count). The Morgan fingerprint density at radius 2 is 1.97 bits per heavy atom. The van der Waals surface area contributed by atoms with Gasteiger partial charge in [0.25, 0.3) is 0 Å². The number of aromatic amines is 1. The largest absolute Gasteiger partial charge is 0.370 e. The van der Waals surface area contributed by atoms with E-state index in [0.717, 1.165) is 5.56 Å². The van der Waals surface area contributed by atoms with Gasteiger partial charge in [0, 0.05) is 18.0 Å². The number of benzene rings is 1. The molecule has 4 N–H and O–H groups in total. The van der Waals surface area contributed by atoms with Crippen molar-refractivity contribution in [1.82, 2.24) is 19.9 Å². The molecule has 1 aromatic carbocycles. The first-order valence-electron chi connectivity index (χ1n) is 9.35. The van der Waals surface area contributed by atoms with Crippen molar-refractivity contribution in [2.75, 3.05) is 5.32 Å². The van der Waals surface area contributed by atoms with Crippen molar-refractivity contribution in [2.45, 2.75) is 39.0 Å². The molecule has 0 saturated heterocycles. The number of hydrogen-bond donors (Lipinski definition) is 3. The number of carbonyl (C=O) groups excluding carboxylic acids is 1. The van der Waals surface area contributed by atoms with Crippen LogP contribution in [0.25, 0.3) is 22.8 Å². The van der Waals surface area contributed by atoms with Crippen molar-refractivity contribution in [3.8, 4) is 28.8 Å². The standard InChI is InChI=1S/C21H23N7O2/c1-21(2,3)30-18(11-17(23)29)28-20-26-15(14-6-4-13(12-22)5-7-14)10-16(27-20)19-24-8-9-25-19/h4-10,18H,11H2,1-3H3,(H2,23,29)(H,24,25)(H,26,27,28). The number of carbonyl (C=O) groups is 1. The van der Waals surface area contributed by atoms with E-state index in [9.17, 15) is 4.79 Å². The number of amides is 1. The van der Waals surface area contributed by atoms with Crippen molar-refractivity contribution in [3.63, 3.8) is 0 Å². The molecule has 2 aromatic heterocycles. The van der Waals surface area contributed by atoms with E-state index in [1.807, 2.05) is 32.9 Å². The SMILES string of the molecule is CC(C)(C)OC(CC(N)=O)Nc1nc(-c2ccc(C#N)cc2)cc(-c2ncc[nH]2)n1. The van der Waals surface area contributed by atoms with Crippen LogP contribution in [0.3, 0.4) is 0 Å². The van der Waals surface area contributed by atoms with E-state index in [4.69, 9.17) is 15.7 Å². The molecule has 1 amide bonds. The van der Waals surface area contributed by atoms with Crippen LogP contribution in [0, 0.1) is 11.3 Å². The summed E-state index contributed by atoms with van der Waals surface area (Å²) in [7, 11) is 0. The monoisotopic (exact) mass is 405 g/mol. The Labute approximate surface area is 174 Å². The molecule has 3 aromatic rings. The van der Waals surface area contributed by atoms with Gasteiger partial charge in [0.1, 0.15) is 11.9 Å². The molecule has 154 valence electrons. The second-order valence-electron chi connectivity index (χ2n) is 7.62. The van der Waals surface area contributed by atoms with Crippen LogP contribution >= 0.6 is 0 Å². The van der Waals surface area contributed by atoms with Crippen molar-refractivity contribution in [3.05, 3.63) is 48.3 Å². The smallest absolute Gasteiger partial charge is 0.225 e. The fourth-order valence-corrected chi connectivity index (χ4v) is 2.78. The zero-order chi connectivity index (χ0) is 21.7. The van der Waals surface area contributed by atoms with Crippen molar-refractivity contribution >= 4 is 11.9 Å². The van der Waals surface area contributed by atoms with E-state index < -0.39 is 17.7 Å². The number of imidazole rings is 1. The van der Waals surface area contributed by atoms with Crippen LogP contribution in [-0.2, 0) is 9.53 Å². The van der Waals surface area contributed by atoms with Crippen molar-refractivity contribution in [1.29, 1.82) is 5.26 Å². The summed E-state index contributed by atoms with van der Waals surface area (Å²) in [4.78, 5) is 27.9. The molecule has 0 aliphatic rings. The van der Waals surface area contributed by atoms with Crippen LogP contribution in [0.4, 0.5) is 5.95 Å². The van der Waals surface area contributed by atoms with Gasteiger partial charge in [-0.15, -0.1) is 0 Å². The van der Waals surface area contributed by atoms with Gasteiger partial charge in [0.15, 0.2) is 5.82 Å². The maximum atomic E-state index is 11.5. The molecular weight excluding hydrogens is 382 g/mol. The number of nitrogens with one attached hydrogen (secondary N) is 2. The van der Waals surface area contributed by atoms with E-state index in [1.54, 1.807) is 30.6 Å². The number of nitrogens with zero attached hydrogens (tertiary/aromatic N) is 4. The Bertz CT molecular complexity index is 1050. The summed E-state index contributed by atoms with van der Waals surface area (Å²) in [5.41, 5.74) is 7.41. The number of ether oxygens (including phenoxy) is 1. The third kappa shape index (κ3) is 5.62. The lowest BCUT2D eigenvalue weighted by Gasteiger charge is -2.27. The van der Waals surface area contributed by atoms with Crippen LogP contribution in [0.15, 0.2) is 42.7 Å². The predicted molar refractivity (Wildman–Crippen MR) is 112 cm³/mol. The zero-order valence-electron chi connectivity index (χ0n) is 17.0. The highest BCUT2D eigenvalue weighted by atomic mass is 16.5. The lowest BCUT2D eigenvalue weighted by Crippen LogP contribution is -2.36. The average Bonchev–Trinajstić information content (AvgIpc) is 3.21. The van der Waals surface area contributed by atoms with E-state index in [-0.39, 0.29) is 12.4 Å². The molecule has 0 aliphatic heterocycles. The zero-order valence-corrected chi connectivity index (χ0v) is 17.0. The van der Waals surface area contributed by atoms with Gasteiger partial charge in [-0.3, -0.25) is 4.79 Å². The Morgan fingerprint density at radius 3 is 2.53 bits per heavy atom. The van der Waals surface area contributed by atoms with Crippen molar-refractivity contribution in [2.24, 2.45) is 5.73 Å². The van der Waals surface area contributed by atoms with Crippen LogP contribution in [0.5, 0.6) is 0 Å². The van der Waals surface area contributed by atoms with Crippen LogP contribution in [0.2, 0.25) is 0 Å². The Hall–Kier alpha value is -3.77. The van der Waals surface area contributed by atoms with Gasteiger partial charge in [0.2, 0.25) is 11.9 Å². The fraction of sp³-hybridized carbons (Fsp3) is 0.286. The Kier molecular flexibility index (Phi) is 6.09. The molecule has 2 heterocycles. The van der Waals surface area contributed by atoms with Gasteiger partial charge in [-0.2, -0.15) is 5.26 Å². The maximum absolute atomic E-state index is 11.5. The third-order valence-corrected chi connectivity index (χ3v) is 3.95. The first-order chi connectivity index (χ1) is 14.2. The summed E-state index contributed by atoms with van der Waals surface area (Å²) in [6, 6.07) is 10.9. The quantitative estimate of drug-likeness (QED) is 0.513. The number of rotatable bonds is 7. The molecule has 0 bridgehead atoms. The summed E-state index contributed by atoms with van der Waals surface area (Å²) < 4.78 is 5.91. The van der Waals surface area contributed by atoms with Gasteiger partial charge in [0.05, 0.1) is 29.3 Å². The topological polar surface area (TPSA) is 143 Å². The summed E-state index contributed by atoms with van der Waals surface area (Å²) >= 11 is 0. The summed E-state index contributed by atoms with van der Waals surface area (Å²) in [5, 5.41) is 12.1. The number of nitrogens with two attached hydrogens (primary N) is 1. The van der Waals surface area contributed by atoms with Gasteiger partial charge in [-0.1, -0.05) is 12.1 Å². The molecule has 1 unspecified atom stereocenters. The molecule has 0 aliphatic carbocycles. The number of aromatic nitrogens is 4. The summed E-state index contributed by atoms with van der Waals surface area (Å²) in [5.74, 6) is 0.323. The number of H-pyrrole nitrogens is 1. The van der Waals surface area contributed by atoms with Crippen LogP contribution in [0.1, 0.15) is 32.8 Å². The highest BCUT2D eigenvalue weighted by Crippen LogP contribution is 2.25. The molecule has 9 heteroatoms. The molecule has 30 heavy (non-hydrogen) atoms. The first kappa shape index (κ1) is 21.0. The minimum atomic E-state index is -0.705. The predicted octanol–water partition coefficient (Wildman–Crippen LogP) is 2.83. The highest BCUT2D eigenvalue weighted by molar-refractivity contribution is 5.74. The van der Waals surface area contributed by atoms with Crippen LogP contribution < -0.4 is 11.1 Å². The molecule has 0 radical (unpaired) electrons. The van der Waals surface area contributed by atoms with E-state index >= 15 is 0 Å². The average molecular weight is 405 g/mol. The van der Waals surface area contributed by atoms with Gasteiger partial charge < -0.3 is 20.8 Å². The lowest BCUT2D eigenvalue weighted by molar-refractivity contribution is -0.123. The third-order valence-electron chi connectivity index (χ3n) is 3.95. The fourth-order valence-electron chi connectivity index (χ4n) is 2.78. The summed E-state index contributed by atoms with van der Waals surface area (Å²) in [6.45, 7) is 5.64. The number of primary amides is 1. The minimum Gasteiger partial charge on any atom is -0.370 e. The normalized spacial score (nSPS) is 12.2. The van der Waals surface area contributed by atoms with E-state index in [1.165, 1.54) is 0 Å². The number of anilines is 1. The molecule has 9 nitrogen and oxygen atoms in total. The van der Waals surface area contributed by atoms with Gasteiger partial charge in [-0.05, 0) is 39.0 Å². The van der Waals surface area contributed by atoms with Gasteiger partial charge >= 0.3 is 0 Å². The maximum Gasteiger partial charge on any atom is 0.225 e. The lowest BCUT2D eigenvalue weighted by atomic mass is 10.1. The molecule has 0 spiro atoms. The number of nitriles is 1. The van der Waals surface area contributed by atoms with E-state index in [0.29, 0.717) is 22.8 Å². The van der Waals surface area contributed by atoms with Gasteiger partial charge in [-0.25, -0.2) is 15.0 Å². The second-order valence-corrected chi connectivity index (χ2v) is 7.62. The molecular formula is C21H23N7O2. The number of hydrogen-bond acceptors (Lipinski definition) is 7.